The fraction of sp³-hybridized carbons (Fsp3) is 0.267. The van der Waals surface area contributed by atoms with Crippen LogP contribution in [0.1, 0.15) is 24.3 Å². The SMILES string of the molecule is Clc1ccc(C2CC(Oc3ccc(I)nc3)C2)cc1. The number of hydrogen-bond donors (Lipinski definition) is 0. The van der Waals surface area contributed by atoms with Gasteiger partial charge in [-0.15, -0.1) is 0 Å². The number of hydrogen-bond acceptors (Lipinski definition) is 2. The van der Waals surface area contributed by atoms with Gasteiger partial charge in [0.2, 0.25) is 0 Å². The summed E-state index contributed by atoms with van der Waals surface area (Å²) in [5.74, 6) is 1.46. The van der Waals surface area contributed by atoms with Crippen LogP contribution in [0.3, 0.4) is 0 Å². The summed E-state index contributed by atoms with van der Waals surface area (Å²) in [6, 6.07) is 12.1. The molecular formula is C15H13ClINO. The van der Waals surface area contributed by atoms with Crippen molar-refractivity contribution in [3.63, 3.8) is 0 Å². The van der Waals surface area contributed by atoms with Crippen molar-refractivity contribution >= 4 is 34.2 Å². The minimum atomic E-state index is 0.308. The smallest absolute Gasteiger partial charge is 0.138 e. The van der Waals surface area contributed by atoms with Crippen LogP contribution < -0.4 is 4.74 Å². The first-order valence-corrected chi connectivity index (χ1v) is 7.70. The molecule has 2 nitrogen and oxygen atoms in total. The van der Waals surface area contributed by atoms with Gasteiger partial charge in [0.25, 0.3) is 0 Å². The Kier molecular flexibility index (Phi) is 3.93. The van der Waals surface area contributed by atoms with Crippen LogP contribution in [0, 0.1) is 3.70 Å². The predicted octanol–water partition coefficient (Wildman–Crippen LogP) is 4.66. The van der Waals surface area contributed by atoms with Crippen LogP contribution in [0.4, 0.5) is 0 Å². The van der Waals surface area contributed by atoms with E-state index >= 15 is 0 Å². The van der Waals surface area contributed by atoms with Crippen molar-refractivity contribution in [2.75, 3.05) is 0 Å². The first-order valence-electron chi connectivity index (χ1n) is 6.24. The first kappa shape index (κ1) is 13.2. The first-order chi connectivity index (χ1) is 9.20. The van der Waals surface area contributed by atoms with E-state index in [1.165, 1.54) is 5.56 Å². The third-order valence-electron chi connectivity index (χ3n) is 3.44. The molecule has 1 aromatic carbocycles. The number of aromatic nitrogens is 1. The van der Waals surface area contributed by atoms with Gasteiger partial charge >= 0.3 is 0 Å². The lowest BCUT2D eigenvalue weighted by Gasteiger charge is -2.35. The van der Waals surface area contributed by atoms with Crippen molar-refractivity contribution in [2.24, 2.45) is 0 Å². The van der Waals surface area contributed by atoms with E-state index < -0.39 is 0 Å². The van der Waals surface area contributed by atoms with Crippen LogP contribution >= 0.6 is 34.2 Å². The lowest BCUT2D eigenvalue weighted by atomic mass is 9.77. The summed E-state index contributed by atoms with van der Waals surface area (Å²) >= 11 is 8.08. The standard InChI is InChI=1S/C15H13ClINO/c16-12-3-1-10(2-4-12)11-7-14(8-11)19-13-5-6-15(17)18-9-13/h1-6,9,11,14H,7-8H2. The van der Waals surface area contributed by atoms with Gasteiger partial charge in [0.15, 0.2) is 0 Å². The molecule has 0 aliphatic heterocycles. The second kappa shape index (κ2) is 5.67. The Morgan fingerprint density at radius 1 is 1.11 bits per heavy atom. The van der Waals surface area contributed by atoms with Crippen LogP contribution in [0.2, 0.25) is 5.02 Å². The molecule has 0 spiro atoms. The van der Waals surface area contributed by atoms with Gasteiger partial charge in [-0.3, -0.25) is 0 Å². The Morgan fingerprint density at radius 3 is 2.47 bits per heavy atom. The summed E-state index contributed by atoms with van der Waals surface area (Å²) in [6.45, 7) is 0. The van der Waals surface area contributed by atoms with Crippen molar-refractivity contribution < 1.29 is 4.74 Å². The summed E-state index contributed by atoms with van der Waals surface area (Å²) in [5, 5.41) is 0.792. The van der Waals surface area contributed by atoms with E-state index in [9.17, 15) is 0 Å². The van der Waals surface area contributed by atoms with Crippen LogP contribution in [0.15, 0.2) is 42.6 Å². The van der Waals surface area contributed by atoms with Gasteiger partial charge in [-0.25, -0.2) is 4.98 Å². The van der Waals surface area contributed by atoms with Crippen LogP contribution in [-0.2, 0) is 0 Å². The Balaban J connectivity index is 1.55. The molecule has 0 unspecified atom stereocenters. The second-order valence-corrected chi connectivity index (χ2v) is 6.32. The Morgan fingerprint density at radius 2 is 1.84 bits per heavy atom. The van der Waals surface area contributed by atoms with E-state index in [4.69, 9.17) is 16.3 Å². The molecule has 1 aliphatic carbocycles. The number of benzene rings is 1. The van der Waals surface area contributed by atoms with Gasteiger partial charge in [0.1, 0.15) is 9.45 Å². The quantitative estimate of drug-likeness (QED) is 0.566. The molecule has 0 bridgehead atoms. The number of rotatable bonds is 3. The van der Waals surface area contributed by atoms with E-state index in [0.717, 1.165) is 27.3 Å². The molecule has 0 N–H and O–H groups in total. The second-order valence-electron chi connectivity index (χ2n) is 4.78. The average molecular weight is 386 g/mol. The minimum absolute atomic E-state index is 0.308. The van der Waals surface area contributed by atoms with Gasteiger partial charge in [0, 0.05) is 5.02 Å². The number of halogens is 2. The highest BCUT2D eigenvalue weighted by Gasteiger charge is 2.31. The molecule has 1 aromatic heterocycles. The highest BCUT2D eigenvalue weighted by molar-refractivity contribution is 14.1. The molecule has 98 valence electrons. The highest BCUT2D eigenvalue weighted by atomic mass is 127. The van der Waals surface area contributed by atoms with Gasteiger partial charge < -0.3 is 4.74 Å². The van der Waals surface area contributed by atoms with Crippen molar-refractivity contribution in [3.8, 4) is 5.75 Å². The molecule has 1 aliphatic rings. The molecule has 4 heteroatoms. The van der Waals surface area contributed by atoms with E-state index in [-0.39, 0.29) is 0 Å². The fourth-order valence-electron chi connectivity index (χ4n) is 2.29. The van der Waals surface area contributed by atoms with Gasteiger partial charge in [0.05, 0.1) is 12.3 Å². The van der Waals surface area contributed by atoms with Gasteiger partial charge in [-0.05, 0) is 71.2 Å². The zero-order chi connectivity index (χ0) is 13.2. The van der Waals surface area contributed by atoms with Gasteiger partial charge in [-0.2, -0.15) is 0 Å². The molecule has 1 saturated carbocycles. The fourth-order valence-corrected chi connectivity index (χ4v) is 2.74. The average Bonchev–Trinajstić information content (AvgIpc) is 2.37. The number of nitrogens with zero attached hydrogens (tertiary/aromatic N) is 1. The maximum atomic E-state index is 5.89. The van der Waals surface area contributed by atoms with Crippen molar-refractivity contribution in [2.45, 2.75) is 24.9 Å². The predicted molar refractivity (Wildman–Crippen MR) is 84.8 cm³/mol. The van der Waals surface area contributed by atoms with E-state index in [1.54, 1.807) is 6.20 Å². The Bertz CT molecular complexity index is 549. The van der Waals surface area contributed by atoms with Crippen molar-refractivity contribution in [3.05, 3.63) is 56.9 Å². The lowest BCUT2D eigenvalue weighted by molar-refractivity contribution is 0.0981. The summed E-state index contributed by atoms with van der Waals surface area (Å²) in [7, 11) is 0. The molecular weight excluding hydrogens is 373 g/mol. The molecule has 0 atom stereocenters. The zero-order valence-electron chi connectivity index (χ0n) is 10.2. The van der Waals surface area contributed by atoms with Crippen LogP contribution in [-0.4, -0.2) is 11.1 Å². The Labute approximate surface area is 131 Å². The van der Waals surface area contributed by atoms with Crippen LogP contribution in [0.25, 0.3) is 0 Å². The number of ether oxygens (including phenoxy) is 1. The summed E-state index contributed by atoms with van der Waals surface area (Å²) in [6.07, 6.45) is 4.22. The maximum absolute atomic E-state index is 5.89. The summed E-state index contributed by atoms with van der Waals surface area (Å²) in [4.78, 5) is 4.22. The Hall–Kier alpha value is -0.810. The van der Waals surface area contributed by atoms with E-state index in [1.807, 2.05) is 24.3 Å². The molecule has 1 fully saturated rings. The third-order valence-corrected chi connectivity index (χ3v) is 4.33. The zero-order valence-corrected chi connectivity index (χ0v) is 13.1. The topological polar surface area (TPSA) is 22.1 Å². The summed E-state index contributed by atoms with van der Waals surface area (Å²) in [5.41, 5.74) is 1.35. The van der Waals surface area contributed by atoms with E-state index in [0.29, 0.717) is 12.0 Å². The van der Waals surface area contributed by atoms with Crippen molar-refractivity contribution in [1.82, 2.24) is 4.98 Å². The lowest BCUT2D eigenvalue weighted by Crippen LogP contribution is -2.32. The third kappa shape index (κ3) is 3.20. The number of pyridine rings is 1. The van der Waals surface area contributed by atoms with Crippen LogP contribution in [0.5, 0.6) is 5.75 Å². The largest absolute Gasteiger partial charge is 0.489 e. The minimum Gasteiger partial charge on any atom is -0.489 e. The van der Waals surface area contributed by atoms with E-state index in [2.05, 4.69) is 39.7 Å². The molecule has 2 aromatic rings. The maximum Gasteiger partial charge on any atom is 0.138 e. The normalized spacial score (nSPS) is 21.8. The monoisotopic (exact) mass is 385 g/mol. The molecule has 1 heterocycles. The highest BCUT2D eigenvalue weighted by Crippen LogP contribution is 2.39. The molecule has 0 amide bonds. The molecule has 0 radical (unpaired) electrons. The summed E-state index contributed by atoms with van der Waals surface area (Å²) < 4.78 is 6.87. The van der Waals surface area contributed by atoms with Gasteiger partial charge in [-0.1, -0.05) is 23.7 Å². The van der Waals surface area contributed by atoms with Crippen molar-refractivity contribution in [1.29, 1.82) is 0 Å². The molecule has 0 saturated heterocycles. The molecule has 19 heavy (non-hydrogen) atoms. The molecule has 3 rings (SSSR count).